The monoisotopic (exact) mass is 251 g/mol. The van der Waals surface area contributed by atoms with Crippen LogP contribution >= 0.6 is 11.6 Å². The Bertz CT molecular complexity index is 583. The summed E-state index contributed by atoms with van der Waals surface area (Å²) in [6.07, 6.45) is -0.130. The molecule has 0 aliphatic rings. The van der Waals surface area contributed by atoms with Crippen molar-refractivity contribution in [3.63, 3.8) is 0 Å². The van der Waals surface area contributed by atoms with Gasteiger partial charge in [-0.2, -0.15) is 0 Å². The molecule has 0 saturated carbocycles. The van der Waals surface area contributed by atoms with Gasteiger partial charge in [0.15, 0.2) is 0 Å². The van der Waals surface area contributed by atoms with Crippen molar-refractivity contribution in [2.24, 2.45) is 0 Å². The summed E-state index contributed by atoms with van der Waals surface area (Å²) in [5.41, 5.74) is 1.13. The molecule has 0 amide bonds. The number of nitrogens with zero attached hydrogens (tertiary/aromatic N) is 1. The molecule has 1 N–H and O–H groups in total. The van der Waals surface area contributed by atoms with Crippen LogP contribution in [0.15, 0.2) is 24.3 Å². The van der Waals surface area contributed by atoms with E-state index in [0.717, 1.165) is 5.39 Å². The SMILES string of the molecule is COc1cc(CC(=O)O)nc2ccc(Cl)cc12. The first kappa shape index (κ1) is 11.7. The summed E-state index contributed by atoms with van der Waals surface area (Å²) < 4.78 is 5.21. The molecule has 1 aromatic carbocycles. The number of hydrogen-bond acceptors (Lipinski definition) is 3. The largest absolute Gasteiger partial charge is 0.496 e. The maximum atomic E-state index is 10.7. The van der Waals surface area contributed by atoms with Gasteiger partial charge in [0.05, 0.1) is 24.7 Å². The van der Waals surface area contributed by atoms with Gasteiger partial charge in [0.1, 0.15) is 5.75 Å². The van der Waals surface area contributed by atoms with Crippen LogP contribution in [-0.2, 0) is 11.2 Å². The van der Waals surface area contributed by atoms with E-state index in [4.69, 9.17) is 21.4 Å². The van der Waals surface area contributed by atoms with Crippen LogP contribution in [-0.4, -0.2) is 23.2 Å². The van der Waals surface area contributed by atoms with Gasteiger partial charge in [-0.1, -0.05) is 11.6 Å². The molecule has 0 spiro atoms. The highest BCUT2D eigenvalue weighted by molar-refractivity contribution is 6.31. The average molecular weight is 252 g/mol. The lowest BCUT2D eigenvalue weighted by Crippen LogP contribution is -2.03. The summed E-state index contributed by atoms with van der Waals surface area (Å²) in [5, 5.41) is 10.1. The minimum Gasteiger partial charge on any atom is -0.496 e. The van der Waals surface area contributed by atoms with Gasteiger partial charge < -0.3 is 9.84 Å². The number of benzene rings is 1. The molecule has 17 heavy (non-hydrogen) atoms. The molecule has 2 rings (SSSR count). The third-order valence-electron chi connectivity index (χ3n) is 2.34. The van der Waals surface area contributed by atoms with Crippen LogP contribution in [0.2, 0.25) is 5.02 Å². The zero-order valence-electron chi connectivity index (χ0n) is 9.11. The van der Waals surface area contributed by atoms with Crippen molar-refractivity contribution < 1.29 is 14.6 Å². The Morgan fingerprint density at radius 2 is 2.24 bits per heavy atom. The summed E-state index contributed by atoms with van der Waals surface area (Å²) in [5.74, 6) is -0.346. The minimum absolute atomic E-state index is 0.130. The summed E-state index contributed by atoms with van der Waals surface area (Å²) in [6.45, 7) is 0. The van der Waals surface area contributed by atoms with Crippen LogP contribution in [0.25, 0.3) is 10.9 Å². The summed E-state index contributed by atoms with van der Waals surface area (Å²) in [7, 11) is 1.53. The number of methoxy groups -OCH3 is 1. The van der Waals surface area contributed by atoms with E-state index in [-0.39, 0.29) is 6.42 Å². The fraction of sp³-hybridized carbons (Fsp3) is 0.167. The Morgan fingerprint density at radius 3 is 2.88 bits per heavy atom. The van der Waals surface area contributed by atoms with Gasteiger partial charge in [-0.15, -0.1) is 0 Å². The first-order valence-electron chi connectivity index (χ1n) is 4.95. The lowest BCUT2D eigenvalue weighted by atomic mass is 10.1. The molecule has 0 fully saturated rings. The quantitative estimate of drug-likeness (QED) is 0.911. The van der Waals surface area contributed by atoms with Crippen LogP contribution in [0.3, 0.4) is 0 Å². The van der Waals surface area contributed by atoms with Crippen molar-refractivity contribution in [2.45, 2.75) is 6.42 Å². The molecule has 2 aromatic rings. The second-order valence-electron chi connectivity index (χ2n) is 3.55. The van der Waals surface area contributed by atoms with Crippen molar-refractivity contribution in [3.8, 4) is 5.75 Å². The third kappa shape index (κ3) is 2.47. The highest BCUT2D eigenvalue weighted by Gasteiger charge is 2.09. The van der Waals surface area contributed by atoms with E-state index in [9.17, 15) is 4.79 Å². The number of carboxylic acid groups (broad SMARTS) is 1. The van der Waals surface area contributed by atoms with E-state index in [1.54, 1.807) is 24.3 Å². The van der Waals surface area contributed by atoms with Gasteiger partial charge in [-0.25, -0.2) is 0 Å². The maximum Gasteiger partial charge on any atom is 0.309 e. The number of carboxylic acids is 1. The molecular formula is C12H10ClNO3. The Labute approximate surface area is 103 Å². The molecule has 0 unspecified atom stereocenters. The zero-order chi connectivity index (χ0) is 12.4. The van der Waals surface area contributed by atoms with Crippen LogP contribution < -0.4 is 4.74 Å². The Morgan fingerprint density at radius 1 is 1.47 bits per heavy atom. The van der Waals surface area contributed by atoms with Crippen molar-refractivity contribution in [3.05, 3.63) is 35.0 Å². The third-order valence-corrected chi connectivity index (χ3v) is 2.57. The molecule has 0 radical (unpaired) electrons. The predicted octanol–water partition coefficient (Wildman–Crippen LogP) is 2.52. The number of fused-ring (bicyclic) bond motifs is 1. The number of rotatable bonds is 3. The average Bonchev–Trinajstić information content (AvgIpc) is 2.27. The fourth-order valence-corrected chi connectivity index (χ4v) is 1.81. The number of aliphatic carboxylic acids is 1. The van der Waals surface area contributed by atoms with E-state index in [0.29, 0.717) is 22.0 Å². The highest BCUT2D eigenvalue weighted by Crippen LogP contribution is 2.28. The van der Waals surface area contributed by atoms with E-state index >= 15 is 0 Å². The Balaban J connectivity index is 2.61. The molecule has 4 nitrogen and oxygen atoms in total. The zero-order valence-corrected chi connectivity index (χ0v) is 9.86. The van der Waals surface area contributed by atoms with Crippen molar-refractivity contribution in [1.29, 1.82) is 0 Å². The summed E-state index contributed by atoms with van der Waals surface area (Å²) in [6, 6.07) is 6.81. The molecule has 1 heterocycles. The van der Waals surface area contributed by atoms with Crippen LogP contribution in [0.5, 0.6) is 5.75 Å². The molecule has 0 bridgehead atoms. The number of halogens is 1. The van der Waals surface area contributed by atoms with E-state index in [1.165, 1.54) is 7.11 Å². The van der Waals surface area contributed by atoms with E-state index in [1.807, 2.05) is 0 Å². The van der Waals surface area contributed by atoms with Gasteiger partial charge in [0.25, 0.3) is 0 Å². The molecule has 0 aliphatic heterocycles. The molecule has 88 valence electrons. The molecular weight excluding hydrogens is 242 g/mol. The van der Waals surface area contributed by atoms with Gasteiger partial charge >= 0.3 is 5.97 Å². The smallest absolute Gasteiger partial charge is 0.309 e. The normalized spacial score (nSPS) is 10.5. The van der Waals surface area contributed by atoms with Gasteiger partial charge in [-0.3, -0.25) is 9.78 Å². The number of carbonyl (C=O) groups is 1. The van der Waals surface area contributed by atoms with E-state index < -0.39 is 5.97 Å². The second kappa shape index (κ2) is 4.59. The van der Waals surface area contributed by atoms with E-state index in [2.05, 4.69) is 4.98 Å². The lowest BCUT2D eigenvalue weighted by Gasteiger charge is -2.07. The predicted molar refractivity (Wildman–Crippen MR) is 64.6 cm³/mol. The summed E-state index contributed by atoms with van der Waals surface area (Å²) >= 11 is 5.89. The lowest BCUT2D eigenvalue weighted by molar-refractivity contribution is -0.136. The summed E-state index contributed by atoms with van der Waals surface area (Å²) in [4.78, 5) is 14.9. The highest BCUT2D eigenvalue weighted by atomic mass is 35.5. The minimum atomic E-state index is -0.923. The fourth-order valence-electron chi connectivity index (χ4n) is 1.63. The van der Waals surface area contributed by atoms with Crippen LogP contribution in [0.1, 0.15) is 5.69 Å². The number of pyridine rings is 1. The Kier molecular flexibility index (Phi) is 3.15. The number of hydrogen-bond donors (Lipinski definition) is 1. The first-order valence-corrected chi connectivity index (χ1v) is 5.33. The van der Waals surface area contributed by atoms with Gasteiger partial charge in [0, 0.05) is 16.5 Å². The van der Waals surface area contributed by atoms with Gasteiger partial charge in [-0.05, 0) is 18.2 Å². The standard InChI is InChI=1S/C12H10ClNO3/c1-17-11-5-8(6-12(15)16)14-10-3-2-7(13)4-9(10)11/h2-5H,6H2,1H3,(H,15,16). The number of ether oxygens (including phenoxy) is 1. The van der Waals surface area contributed by atoms with Crippen LogP contribution in [0.4, 0.5) is 0 Å². The van der Waals surface area contributed by atoms with Crippen LogP contribution in [0, 0.1) is 0 Å². The molecule has 0 aliphatic carbocycles. The first-order chi connectivity index (χ1) is 8.10. The topological polar surface area (TPSA) is 59.4 Å². The van der Waals surface area contributed by atoms with Crippen molar-refractivity contribution >= 4 is 28.5 Å². The van der Waals surface area contributed by atoms with Gasteiger partial charge in [0.2, 0.25) is 0 Å². The molecule has 0 atom stereocenters. The maximum absolute atomic E-state index is 10.7. The number of aromatic nitrogens is 1. The molecule has 5 heteroatoms. The molecule has 1 aromatic heterocycles. The van der Waals surface area contributed by atoms with Crippen molar-refractivity contribution in [1.82, 2.24) is 4.98 Å². The second-order valence-corrected chi connectivity index (χ2v) is 3.98. The Hall–Kier alpha value is -1.81. The molecule has 0 saturated heterocycles. The van der Waals surface area contributed by atoms with Crippen molar-refractivity contribution in [2.75, 3.05) is 7.11 Å².